The Labute approximate surface area is 82.7 Å². The van der Waals surface area contributed by atoms with E-state index >= 15 is 0 Å². The summed E-state index contributed by atoms with van der Waals surface area (Å²) in [6.45, 7) is 0. The van der Waals surface area contributed by atoms with Gasteiger partial charge in [0.2, 0.25) is 0 Å². The Morgan fingerprint density at radius 2 is 2.45 bits per heavy atom. The summed E-state index contributed by atoms with van der Waals surface area (Å²) in [6, 6.07) is 4.29. The first kappa shape index (κ1) is 7.42. The molecule has 0 aliphatic rings. The van der Waals surface area contributed by atoms with Gasteiger partial charge in [-0.3, -0.25) is 2.78 Å². The maximum absolute atomic E-state index is 3.13. The summed E-state index contributed by atoms with van der Waals surface area (Å²) in [5.74, 6) is 0. The minimum atomic E-state index is 1.22. The highest BCUT2D eigenvalue weighted by Gasteiger charge is 2.02. The van der Waals surface area contributed by atoms with Crippen LogP contribution in [0, 0.1) is 0 Å². The van der Waals surface area contributed by atoms with Crippen molar-refractivity contribution >= 4 is 49.4 Å². The molecule has 0 spiro atoms. The molecule has 0 fully saturated rings. The molecule has 2 heterocycles. The van der Waals surface area contributed by atoms with Crippen LogP contribution in [0.25, 0.3) is 10.2 Å². The van der Waals surface area contributed by atoms with E-state index in [1.54, 1.807) is 11.3 Å². The second-order valence-corrected chi connectivity index (χ2v) is 4.32. The molecule has 0 bridgehead atoms. The van der Waals surface area contributed by atoms with Gasteiger partial charge in [-0.25, -0.2) is 0 Å². The molecule has 0 aliphatic carbocycles. The predicted molar refractivity (Wildman–Crippen MR) is 58.8 cm³/mol. The van der Waals surface area contributed by atoms with Crippen LogP contribution in [0.5, 0.6) is 0 Å². The Morgan fingerprint density at radius 1 is 1.64 bits per heavy atom. The monoisotopic (exact) mass is 278 g/mol. The number of thiophene rings is 1. The van der Waals surface area contributed by atoms with Crippen molar-refractivity contribution in [3.05, 3.63) is 18.3 Å². The molecule has 0 aliphatic heterocycles. The lowest BCUT2D eigenvalue weighted by atomic mass is 10.4. The van der Waals surface area contributed by atoms with E-state index in [-0.39, 0.29) is 0 Å². The molecule has 0 saturated heterocycles. The first-order valence-electron chi connectivity index (χ1n) is 3.26. The maximum Gasteiger partial charge on any atom is 0.113 e. The summed E-state index contributed by atoms with van der Waals surface area (Å²) in [5.41, 5.74) is 0. The molecule has 0 aromatic carbocycles. The number of rotatable bonds is 1. The number of aromatic nitrogens is 1. The maximum atomic E-state index is 3.13. The fraction of sp³-hybridized carbons (Fsp3) is 0.143. The van der Waals surface area contributed by atoms with E-state index in [1.807, 2.05) is 7.05 Å². The third-order valence-electron chi connectivity index (χ3n) is 1.57. The Hall–Kier alpha value is -0.230. The molecule has 11 heavy (non-hydrogen) atoms. The Balaban J connectivity index is 2.70. The van der Waals surface area contributed by atoms with Crippen LogP contribution < -0.4 is 5.32 Å². The van der Waals surface area contributed by atoms with Gasteiger partial charge in [0.15, 0.2) is 0 Å². The zero-order valence-electron chi connectivity index (χ0n) is 5.97. The fourth-order valence-electron chi connectivity index (χ4n) is 1.02. The standard InChI is InChI=1S/C7H7IN2S/c1-9-6-4-5-2-3-10(8)7(5)11-6/h2-4,9H,1H3. The van der Waals surface area contributed by atoms with Gasteiger partial charge in [0.05, 0.1) is 27.9 Å². The van der Waals surface area contributed by atoms with E-state index in [0.29, 0.717) is 0 Å². The summed E-state index contributed by atoms with van der Waals surface area (Å²) in [6.07, 6.45) is 2.07. The molecule has 58 valence electrons. The zero-order valence-corrected chi connectivity index (χ0v) is 8.94. The summed E-state index contributed by atoms with van der Waals surface area (Å²) in [5, 5.41) is 5.67. The van der Waals surface area contributed by atoms with Crippen molar-refractivity contribution in [1.29, 1.82) is 0 Å². The highest BCUT2D eigenvalue weighted by atomic mass is 127. The number of fused-ring (bicyclic) bond motifs is 1. The zero-order chi connectivity index (χ0) is 7.84. The highest BCUT2D eigenvalue weighted by molar-refractivity contribution is 14.1. The molecule has 2 nitrogen and oxygen atoms in total. The van der Waals surface area contributed by atoms with E-state index in [4.69, 9.17) is 0 Å². The van der Waals surface area contributed by atoms with Gasteiger partial charge >= 0.3 is 0 Å². The van der Waals surface area contributed by atoms with Gasteiger partial charge in [0, 0.05) is 18.6 Å². The molecule has 0 atom stereocenters. The normalized spacial score (nSPS) is 10.7. The summed E-state index contributed by atoms with van der Waals surface area (Å²) >= 11 is 4.06. The second-order valence-electron chi connectivity index (χ2n) is 2.25. The molecular weight excluding hydrogens is 271 g/mol. The molecule has 0 amide bonds. The van der Waals surface area contributed by atoms with Crippen LogP contribution in [0.15, 0.2) is 18.3 Å². The van der Waals surface area contributed by atoms with Crippen molar-refractivity contribution in [3.63, 3.8) is 0 Å². The van der Waals surface area contributed by atoms with Crippen LogP contribution in [0.2, 0.25) is 0 Å². The molecule has 1 N–H and O–H groups in total. The average molecular weight is 278 g/mol. The van der Waals surface area contributed by atoms with Crippen molar-refractivity contribution in [2.24, 2.45) is 0 Å². The molecule has 2 aromatic rings. The van der Waals surface area contributed by atoms with Crippen molar-refractivity contribution in [1.82, 2.24) is 2.78 Å². The SMILES string of the molecule is CNc1cc2ccn(I)c2s1. The van der Waals surface area contributed by atoms with E-state index in [2.05, 4.69) is 49.3 Å². The lowest BCUT2D eigenvalue weighted by Gasteiger charge is -1.89. The average Bonchev–Trinajstić information content (AvgIpc) is 2.53. The largest absolute Gasteiger partial charge is 0.380 e. The quantitative estimate of drug-likeness (QED) is 0.794. The van der Waals surface area contributed by atoms with Crippen LogP contribution in [0.3, 0.4) is 0 Å². The van der Waals surface area contributed by atoms with Gasteiger partial charge in [0.25, 0.3) is 0 Å². The van der Waals surface area contributed by atoms with Crippen LogP contribution in [-0.2, 0) is 0 Å². The number of nitrogens with one attached hydrogen (secondary N) is 1. The third-order valence-corrected chi connectivity index (χ3v) is 3.86. The highest BCUT2D eigenvalue weighted by Crippen LogP contribution is 2.31. The van der Waals surface area contributed by atoms with Crippen LogP contribution >= 0.6 is 34.2 Å². The third kappa shape index (κ3) is 1.14. The van der Waals surface area contributed by atoms with Crippen molar-refractivity contribution in [2.45, 2.75) is 0 Å². The molecular formula is C7H7IN2S. The Kier molecular flexibility index (Phi) is 1.80. The van der Waals surface area contributed by atoms with Gasteiger partial charge in [-0.2, -0.15) is 0 Å². The topological polar surface area (TPSA) is 17.0 Å². The van der Waals surface area contributed by atoms with Gasteiger partial charge < -0.3 is 5.32 Å². The molecule has 0 saturated carbocycles. The van der Waals surface area contributed by atoms with Crippen molar-refractivity contribution < 1.29 is 0 Å². The van der Waals surface area contributed by atoms with Gasteiger partial charge in [-0.1, -0.05) is 11.3 Å². The number of hydrogen-bond acceptors (Lipinski definition) is 2. The van der Waals surface area contributed by atoms with E-state index < -0.39 is 0 Å². The summed E-state index contributed by atoms with van der Waals surface area (Å²) in [4.78, 5) is 1.31. The van der Waals surface area contributed by atoms with E-state index in [9.17, 15) is 0 Å². The first-order chi connectivity index (χ1) is 5.31. The van der Waals surface area contributed by atoms with Crippen LogP contribution in [-0.4, -0.2) is 9.83 Å². The minimum Gasteiger partial charge on any atom is -0.380 e. The first-order valence-corrected chi connectivity index (χ1v) is 5.04. The summed E-state index contributed by atoms with van der Waals surface area (Å²) in [7, 11) is 1.95. The lowest BCUT2D eigenvalue weighted by molar-refractivity contribution is 1.45. The Morgan fingerprint density at radius 3 is 3.09 bits per heavy atom. The second kappa shape index (κ2) is 2.67. The number of anilines is 1. The van der Waals surface area contributed by atoms with E-state index in [1.165, 1.54) is 15.2 Å². The number of halogens is 1. The molecule has 0 unspecified atom stereocenters. The Bertz CT molecular complexity index is 377. The molecule has 2 aromatic heterocycles. The predicted octanol–water partition coefficient (Wildman–Crippen LogP) is 2.94. The van der Waals surface area contributed by atoms with Gasteiger partial charge in [-0.15, -0.1) is 0 Å². The van der Waals surface area contributed by atoms with E-state index in [0.717, 1.165) is 0 Å². The number of hydrogen-bond donors (Lipinski definition) is 1. The van der Waals surface area contributed by atoms with Crippen molar-refractivity contribution in [2.75, 3.05) is 12.4 Å². The minimum absolute atomic E-state index is 1.22. The fourth-order valence-corrected chi connectivity index (χ4v) is 2.64. The lowest BCUT2D eigenvalue weighted by Crippen LogP contribution is -1.80. The van der Waals surface area contributed by atoms with Crippen molar-refractivity contribution in [3.8, 4) is 0 Å². The molecule has 4 heteroatoms. The smallest absolute Gasteiger partial charge is 0.113 e. The molecule has 2 rings (SSSR count). The number of nitrogens with zero attached hydrogens (tertiary/aromatic N) is 1. The van der Waals surface area contributed by atoms with Gasteiger partial charge in [0.1, 0.15) is 4.83 Å². The summed E-state index contributed by atoms with van der Waals surface area (Å²) < 4.78 is 2.11. The van der Waals surface area contributed by atoms with Gasteiger partial charge in [-0.05, 0) is 12.1 Å². The van der Waals surface area contributed by atoms with Crippen LogP contribution in [0.1, 0.15) is 0 Å². The van der Waals surface area contributed by atoms with Crippen LogP contribution in [0.4, 0.5) is 5.00 Å². The molecule has 0 radical (unpaired) electrons.